The van der Waals surface area contributed by atoms with Crippen molar-refractivity contribution in [2.24, 2.45) is 11.1 Å². The fraction of sp³-hybridized carbons (Fsp3) is 0.500. The van der Waals surface area contributed by atoms with Crippen molar-refractivity contribution in [1.82, 2.24) is 9.97 Å². The number of primary amides is 1. The first-order chi connectivity index (χ1) is 7.34. The van der Waals surface area contributed by atoms with E-state index in [1.807, 2.05) is 6.92 Å². The lowest BCUT2D eigenvalue weighted by molar-refractivity contribution is -0.125. The molecule has 1 aromatic rings. The monoisotopic (exact) mass is 223 g/mol. The largest absolute Gasteiger partial charge is 0.383 e. The molecule has 1 heterocycles. The number of nitrogens with two attached hydrogens (primary N) is 2. The molecule has 0 saturated carbocycles. The van der Waals surface area contributed by atoms with Crippen molar-refractivity contribution in [3.63, 3.8) is 0 Å². The van der Waals surface area contributed by atoms with Gasteiger partial charge in [-0.1, -0.05) is 0 Å². The Bertz CT molecular complexity index is 402. The average molecular weight is 223 g/mol. The van der Waals surface area contributed by atoms with E-state index in [-0.39, 0.29) is 5.91 Å². The smallest absolute Gasteiger partial charge is 0.224 e. The van der Waals surface area contributed by atoms with Gasteiger partial charge in [-0.25, -0.2) is 9.97 Å². The lowest BCUT2D eigenvalue weighted by atomic mass is 9.93. The molecule has 0 bridgehead atoms. The lowest BCUT2D eigenvalue weighted by Gasteiger charge is -2.21. The number of carbonyl (C=O) groups is 1. The van der Waals surface area contributed by atoms with E-state index in [9.17, 15) is 4.79 Å². The van der Waals surface area contributed by atoms with Gasteiger partial charge in [0, 0.05) is 12.1 Å². The van der Waals surface area contributed by atoms with Crippen LogP contribution in [0.3, 0.4) is 0 Å². The van der Waals surface area contributed by atoms with Gasteiger partial charge in [-0.3, -0.25) is 4.79 Å². The Morgan fingerprint density at radius 2 is 2.12 bits per heavy atom. The first kappa shape index (κ1) is 12.2. The van der Waals surface area contributed by atoms with Crippen LogP contribution in [0.4, 0.5) is 11.6 Å². The van der Waals surface area contributed by atoms with Crippen LogP contribution >= 0.6 is 0 Å². The maximum absolute atomic E-state index is 11.1. The van der Waals surface area contributed by atoms with Crippen molar-refractivity contribution in [2.75, 3.05) is 17.6 Å². The summed E-state index contributed by atoms with van der Waals surface area (Å²) in [6.45, 7) is 5.75. The Balaban J connectivity index is 2.76. The summed E-state index contributed by atoms with van der Waals surface area (Å²) >= 11 is 0. The van der Waals surface area contributed by atoms with Crippen LogP contribution in [-0.4, -0.2) is 22.4 Å². The van der Waals surface area contributed by atoms with Crippen molar-refractivity contribution in [3.05, 3.63) is 11.9 Å². The standard InChI is InChI=1S/C10H17N5O/c1-6-7(11)14-5-15-8(6)13-4-10(2,3)9(12)16/h5H,4H2,1-3H3,(H2,12,16)(H3,11,13,14,15). The molecule has 6 nitrogen and oxygen atoms in total. The molecule has 0 fully saturated rings. The highest BCUT2D eigenvalue weighted by Crippen LogP contribution is 2.19. The van der Waals surface area contributed by atoms with Gasteiger partial charge in [0.25, 0.3) is 0 Å². The molecule has 6 heteroatoms. The van der Waals surface area contributed by atoms with E-state index in [0.717, 1.165) is 5.56 Å². The molecule has 0 aromatic carbocycles. The molecule has 0 atom stereocenters. The van der Waals surface area contributed by atoms with E-state index < -0.39 is 5.41 Å². The van der Waals surface area contributed by atoms with Gasteiger partial charge in [-0.15, -0.1) is 0 Å². The average Bonchev–Trinajstić information content (AvgIpc) is 2.20. The van der Waals surface area contributed by atoms with Crippen LogP contribution in [0.25, 0.3) is 0 Å². The van der Waals surface area contributed by atoms with Gasteiger partial charge in [-0.05, 0) is 20.8 Å². The number of nitrogens with zero attached hydrogens (tertiary/aromatic N) is 2. The summed E-state index contributed by atoms with van der Waals surface area (Å²) in [4.78, 5) is 19.0. The molecule has 5 N–H and O–H groups in total. The Hall–Kier alpha value is -1.85. The van der Waals surface area contributed by atoms with Crippen molar-refractivity contribution < 1.29 is 4.79 Å². The van der Waals surface area contributed by atoms with Crippen LogP contribution in [0.1, 0.15) is 19.4 Å². The summed E-state index contributed by atoms with van der Waals surface area (Å²) < 4.78 is 0. The zero-order chi connectivity index (χ0) is 12.3. The summed E-state index contributed by atoms with van der Waals surface area (Å²) in [6, 6.07) is 0. The SMILES string of the molecule is Cc1c(N)ncnc1NCC(C)(C)C(N)=O. The second-order valence-corrected chi connectivity index (χ2v) is 4.33. The van der Waals surface area contributed by atoms with Crippen LogP contribution in [0.2, 0.25) is 0 Å². The number of amides is 1. The van der Waals surface area contributed by atoms with Gasteiger partial charge in [0.1, 0.15) is 18.0 Å². The quantitative estimate of drug-likeness (QED) is 0.680. The summed E-state index contributed by atoms with van der Waals surface area (Å²) in [5.41, 5.74) is 11.0. The third kappa shape index (κ3) is 2.59. The van der Waals surface area contributed by atoms with Gasteiger partial charge >= 0.3 is 0 Å². The first-order valence-corrected chi connectivity index (χ1v) is 4.95. The van der Waals surface area contributed by atoms with Gasteiger partial charge in [0.05, 0.1) is 5.41 Å². The summed E-state index contributed by atoms with van der Waals surface area (Å²) in [7, 11) is 0. The molecule has 0 aliphatic rings. The fourth-order valence-electron chi connectivity index (χ4n) is 1.03. The van der Waals surface area contributed by atoms with E-state index in [2.05, 4.69) is 15.3 Å². The van der Waals surface area contributed by atoms with E-state index in [1.165, 1.54) is 6.33 Å². The predicted octanol–water partition coefficient (Wildman–Crippen LogP) is 0.291. The highest BCUT2D eigenvalue weighted by Gasteiger charge is 2.24. The summed E-state index contributed by atoms with van der Waals surface area (Å²) in [5, 5.41) is 3.04. The molecule has 0 saturated heterocycles. The number of carbonyl (C=O) groups excluding carboxylic acids is 1. The molecule has 1 amide bonds. The number of nitrogens with one attached hydrogen (secondary N) is 1. The number of nitrogen functional groups attached to an aromatic ring is 1. The van der Waals surface area contributed by atoms with Gasteiger partial charge in [-0.2, -0.15) is 0 Å². The molecule has 0 aliphatic heterocycles. The zero-order valence-electron chi connectivity index (χ0n) is 9.74. The lowest BCUT2D eigenvalue weighted by Crippen LogP contribution is -2.37. The van der Waals surface area contributed by atoms with Crippen LogP contribution in [0, 0.1) is 12.3 Å². The molecule has 0 unspecified atom stereocenters. The number of aromatic nitrogens is 2. The molecular weight excluding hydrogens is 206 g/mol. The molecule has 16 heavy (non-hydrogen) atoms. The van der Waals surface area contributed by atoms with E-state index >= 15 is 0 Å². The first-order valence-electron chi connectivity index (χ1n) is 4.95. The molecule has 0 spiro atoms. The van der Waals surface area contributed by atoms with Crippen molar-refractivity contribution in [1.29, 1.82) is 0 Å². The van der Waals surface area contributed by atoms with Crippen molar-refractivity contribution in [2.45, 2.75) is 20.8 Å². The van der Waals surface area contributed by atoms with Gasteiger partial charge < -0.3 is 16.8 Å². The summed E-state index contributed by atoms with van der Waals surface area (Å²) in [6.07, 6.45) is 1.38. The minimum absolute atomic E-state index is 0.361. The number of hydrogen-bond acceptors (Lipinski definition) is 5. The second-order valence-electron chi connectivity index (χ2n) is 4.33. The number of hydrogen-bond donors (Lipinski definition) is 3. The maximum Gasteiger partial charge on any atom is 0.224 e. The zero-order valence-corrected chi connectivity index (χ0v) is 9.74. The van der Waals surface area contributed by atoms with Crippen LogP contribution < -0.4 is 16.8 Å². The van der Waals surface area contributed by atoms with Crippen LogP contribution in [0.15, 0.2) is 6.33 Å². The molecule has 1 aromatic heterocycles. The van der Waals surface area contributed by atoms with Crippen LogP contribution in [-0.2, 0) is 4.79 Å². The van der Waals surface area contributed by atoms with Crippen LogP contribution in [0.5, 0.6) is 0 Å². The minimum atomic E-state index is -0.633. The van der Waals surface area contributed by atoms with E-state index in [1.54, 1.807) is 13.8 Å². The Morgan fingerprint density at radius 3 is 2.69 bits per heavy atom. The fourth-order valence-corrected chi connectivity index (χ4v) is 1.03. The third-order valence-electron chi connectivity index (χ3n) is 2.49. The van der Waals surface area contributed by atoms with E-state index in [0.29, 0.717) is 18.2 Å². The number of rotatable bonds is 4. The second kappa shape index (κ2) is 4.34. The van der Waals surface area contributed by atoms with Gasteiger partial charge in [0.2, 0.25) is 5.91 Å². The molecule has 88 valence electrons. The van der Waals surface area contributed by atoms with Crippen molar-refractivity contribution >= 4 is 17.5 Å². The molecular formula is C10H17N5O. The highest BCUT2D eigenvalue weighted by molar-refractivity contribution is 5.80. The third-order valence-corrected chi connectivity index (χ3v) is 2.49. The normalized spacial score (nSPS) is 11.2. The van der Waals surface area contributed by atoms with Gasteiger partial charge in [0.15, 0.2) is 0 Å². The van der Waals surface area contributed by atoms with E-state index in [4.69, 9.17) is 11.5 Å². The molecule has 0 radical (unpaired) electrons. The van der Waals surface area contributed by atoms with Crippen molar-refractivity contribution in [3.8, 4) is 0 Å². The Labute approximate surface area is 94.5 Å². The minimum Gasteiger partial charge on any atom is -0.383 e. The number of anilines is 2. The Kier molecular flexibility index (Phi) is 3.31. The predicted molar refractivity (Wildman–Crippen MR) is 62.6 cm³/mol. The summed E-state index contributed by atoms with van der Waals surface area (Å²) in [5.74, 6) is 0.691. The topological polar surface area (TPSA) is 107 Å². The molecule has 1 rings (SSSR count). The highest BCUT2D eigenvalue weighted by atomic mass is 16.1. The molecule has 0 aliphatic carbocycles. The Morgan fingerprint density at radius 1 is 1.50 bits per heavy atom. The maximum atomic E-state index is 11.1.